The molecule has 0 spiro atoms. The van der Waals surface area contributed by atoms with Crippen LogP contribution in [0.3, 0.4) is 0 Å². The minimum atomic E-state index is -4.61. The number of halogens is 2. The molecule has 0 aliphatic heterocycles. The maximum atomic E-state index is 11.1. The van der Waals surface area contributed by atoms with Gasteiger partial charge in [-0.05, 0) is 29.8 Å². The number of rotatable bonds is 3. The van der Waals surface area contributed by atoms with Gasteiger partial charge >= 0.3 is 0 Å². The molecule has 1 N–H and O–H groups in total. The standard InChI is InChI=1S/C7H4Cl2O6S2/c8-7(10)5-2-1-4(17(13,14)15)3-6(5)16(9,11)12/h1-3H,(H,13,14,15). The zero-order valence-electron chi connectivity index (χ0n) is 7.79. The molecule has 0 radical (unpaired) electrons. The minimum absolute atomic E-state index is 0.478. The first-order valence-corrected chi connectivity index (χ1v) is 7.92. The molecule has 0 atom stereocenters. The second-order valence-corrected chi connectivity index (χ2v) is 7.14. The molecule has 0 fully saturated rings. The number of carbonyl (C=O) groups excluding carboxylic acids is 1. The van der Waals surface area contributed by atoms with E-state index in [0.29, 0.717) is 6.07 Å². The number of carbonyl (C=O) groups is 1. The highest BCUT2D eigenvalue weighted by molar-refractivity contribution is 8.13. The Kier molecular flexibility index (Phi) is 3.84. The number of hydrogen-bond acceptors (Lipinski definition) is 5. The lowest BCUT2D eigenvalue weighted by atomic mass is 10.2. The van der Waals surface area contributed by atoms with E-state index in [-0.39, 0.29) is 0 Å². The highest BCUT2D eigenvalue weighted by Crippen LogP contribution is 2.25. The van der Waals surface area contributed by atoms with E-state index >= 15 is 0 Å². The van der Waals surface area contributed by atoms with Gasteiger partial charge in [0.15, 0.2) is 0 Å². The van der Waals surface area contributed by atoms with Crippen LogP contribution in [-0.2, 0) is 19.2 Å². The fourth-order valence-corrected chi connectivity index (χ4v) is 2.90. The van der Waals surface area contributed by atoms with Crippen LogP contribution >= 0.6 is 22.3 Å². The fourth-order valence-electron chi connectivity index (χ4n) is 1.03. The Hall–Kier alpha value is -0.670. The molecular formula is C7H4Cl2O6S2. The quantitative estimate of drug-likeness (QED) is 0.664. The normalized spacial score (nSPS) is 12.4. The van der Waals surface area contributed by atoms with Gasteiger partial charge in [0.2, 0.25) is 0 Å². The van der Waals surface area contributed by atoms with Gasteiger partial charge in [0.1, 0.15) is 0 Å². The minimum Gasteiger partial charge on any atom is -0.282 e. The van der Waals surface area contributed by atoms with Crippen LogP contribution < -0.4 is 0 Å². The van der Waals surface area contributed by atoms with E-state index in [9.17, 15) is 21.6 Å². The smallest absolute Gasteiger partial charge is 0.282 e. The summed E-state index contributed by atoms with van der Waals surface area (Å²) >= 11 is 5.11. The first-order chi connectivity index (χ1) is 7.53. The van der Waals surface area contributed by atoms with E-state index in [4.69, 9.17) is 26.8 Å². The molecule has 10 heteroatoms. The SMILES string of the molecule is O=C(Cl)c1ccc(S(=O)(=O)O)cc1S(=O)(=O)Cl. The molecule has 0 saturated heterocycles. The number of hydrogen-bond donors (Lipinski definition) is 1. The maximum Gasteiger partial charge on any atom is 0.294 e. The monoisotopic (exact) mass is 318 g/mol. The summed E-state index contributed by atoms with van der Waals surface area (Å²) in [4.78, 5) is 9.41. The Bertz CT molecular complexity index is 676. The Balaban J connectivity index is 3.69. The van der Waals surface area contributed by atoms with Crippen LogP contribution in [0.2, 0.25) is 0 Å². The summed E-state index contributed by atoms with van der Waals surface area (Å²) in [6.45, 7) is 0. The van der Waals surface area contributed by atoms with Crippen molar-refractivity contribution >= 4 is 46.7 Å². The van der Waals surface area contributed by atoms with Gasteiger partial charge < -0.3 is 0 Å². The molecule has 0 aliphatic carbocycles. The average Bonchev–Trinajstić information content (AvgIpc) is 2.14. The van der Waals surface area contributed by atoms with E-state index in [0.717, 1.165) is 12.1 Å². The van der Waals surface area contributed by atoms with Crippen molar-refractivity contribution in [1.82, 2.24) is 0 Å². The van der Waals surface area contributed by atoms with Crippen molar-refractivity contribution in [1.29, 1.82) is 0 Å². The zero-order chi connectivity index (χ0) is 13.4. The first-order valence-electron chi connectivity index (χ1n) is 3.79. The van der Waals surface area contributed by atoms with Crippen LogP contribution in [0.1, 0.15) is 10.4 Å². The van der Waals surface area contributed by atoms with Crippen LogP contribution in [0, 0.1) is 0 Å². The molecule has 1 aromatic carbocycles. The predicted molar refractivity (Wildman–Crippen MR) is 59.5 cm³/mol. The van der Waals surface area contributed by atoms with Crippen LogP contribution in [0.4, 0.5) is 0 Å². The van der Waals surface area contributed by atoms with Crippen LogP contribution in [0.25, 0.3) is 0 Å². The zero-order valence-corrected chi connectivity index (χ0v) is 10.9. The van der Waals surface area contributed by atoms with Gasteiger partial charge in [-0.3, -0.25) is 9.35 Å². The van der Waals surface area contributed by atoms with E-state index in [1.807, 2.05) is 0 Å². The lowest BCUT2D eigenvalue weighted by molar-refractivity contribution is 0.107. The van der Waals surface area contributed by atoms with Gasteiger partial charge in [0.05, 0.1) is 15.4 Å². The molecule has 1 rings (SSSR count). The second kappa shape index (κ2) is 4.54. The summed E-state index contributed by atoms with van der Waals surface area (Å²) in [6, 6.07) is 2.22. The summed E-state index contributed by atoms with van der Waals surface area (Å²) in [5.41, 5.74) is -0.478. The van der Waals surface area contributed by atoms with Gasteiger partial charge in [0.25, 0.3) is 24.4 Å². The van der Waals surface area contributed by atoms with Crippen molar-refractivity contribution in [3.05, 3.63) is 23.8 Å². The first kappa shape index (κ1) is 14.4. The van der Waals surface area contributed by atoms with Crippen molar-refractivity contribution in [3.8, 4) is 0 Å². The van der Waals surface area contributed by atoms with E-state index < -0.39 is 39.8 Å². The van der Waals surface area contributed by atoms with Crippen molar-refractivity contribution in [2.24, 2.45) is 0 Å². The molecular weight excluding hydrogens is 315 g/mol. The van der Waals surface area contributed by atoms with Gasteiger partial charge in [-0.2, -0.15) is 8.42 Å². The molecule has 17 heavy (non-hydrogen) atoms. The third kappa shape index (κ3) is 3.39. The van der Waals surface area contributed by atoms with Gasteiger partial charge in [-0.15, -0.1) is 0 Å². The molecule has 0 saturated carbocycles. The molecule has 0 heterocycles. The van der Waals surface area contributed by atoms with Crippen LogP contribution in [0.5, 0.6) is 0 Å². The van der Waals surface area contributed by atoms with Gasteiger partial charge in [0, 0.05) is 10.7 Å². The lowest BCUT2D eigenvalue weighted by Gasteiger charge is -2.04. The van der Waals surface area contributed by atoms with E-state index in [2.05, 4.69) is 0 Å². The molecule has 0 aliphatic rings. The Morgan fingerprint density at radius 1 is 1.18 bits per heavy atom. The molecule has 94 valence electrons. The van der Waals surface area contributed by atoms with Gasteiger partial charge in [-0.25, -0.2) is 8.42 Å². The average molecular weight is 319 g/mol. The summed E-state index contributed by atoms with van der Waals surface area (Å²) in [5, 5.41) is -1.12. The highest BCUT2D eigenvalue weighted by atomic mass is 35.7. The highest BCUT2D eigenvalue weighted by Gasteiger charge is 2.23. The summed E-state index contributed by atoms with van der Waals surface area (Å²) in [7, 11) is -3.96. The van der Waals surface area contributed by atoms with Crippen molar-refractivity contribution < 1.29 is 26.2 Å². The molecule has 6 nitrogen and oxygen atoms in total. The van der Waals surface area contributed by atoms with Crippen molar-refractivity contribution in [2.75, 3.05) is 0 Å². The predicted octanol–water partition coefficient (Wildman–Crippen LogP) is 1.24. The van der Waals surface area contributed by atoms with E-state index in [1.165, 1.54) is 0 Å². The molecule has 0 unspecified atom stereocenters. The summed E-state index contributed by atoms with van der Waals surface area (Å²) in [5.74, 6) is 0. The third-order valence-electron chi connectivity index (χ3n) is 1.73. The third-order valence-corrected chi connectivity index (χ3v) is 4.14. The van der Waals surface area contributed by atoms with Crippen LogP contribution in [0.15, 0.2) is 28.0 Å². The van der Waals surface area contributed by atoms with Crippen LogP contribution in [-0.4, -0.2) is 26.6 Å². The fraction of sp³-hybridized carbons (Fsp3) is 0. The molecule has 0 aromatic heterocycles. The summed E-state index contributed by atoms with van der Waals surface area (Å²) < 4.78 is 52.5. The van der Waals surface area contributed by atoms with Crippen molar-refractivity contribution in [3.63, 3.8) is 0 Å². The number of benzene rings is 1. The van der Waals surface area contributed by atoms with Crippen molar-refractivity contribution in [2.45, 2.75) is 9.79 Å². The Morgan fingerprint density at radius 3 is 2.06 bits per heavy atom. The molecule has 1 aromatic rings. The Morgan fingerprint density at radius 2 is 1.71 bits per heavy atom. The summed E-state index contributed by atoms with van der Waals surface area (Å²) in [6.07, 6.45) is 0. The van der Waals surface area contributed by atoms with E-state index in [1.54, 1.807) is 0 Å². The second-order valence-electron chi connectivity index (χ2n) is 2.84. The lowest BCUT2D eigenvalue weighted by Crippen LogP contribution is -2.05. The molecule has 0 amide bonds. The topological polar surface area (TPSA) is 106 Å². The van der Waals surface area contributed by atoms with Gasteiger partial charge in [-0.1, -0.05) is 0 Å². The largest absolute Gasteiger partial charge is 0.294 e. The maximum absolute atomic E-state index is 11.1. The molecule has 0 bridgehead atoms. The Labute approximate surface area is 106 Å².